The number of nitrogens with one attached hydrogen (secondary N) is 1. The molecule has 0 radical (unpaired) electrons. The Morgan fingerprint density at radius 2 is 2.04 bits per heavy atom. The molecule has 5 nitrogen and oxygen atoms in total. The van der Waals surface area contributed by atoms with Gasteiger partial charge in [0, 0.05) is 26.1 Å². The van der Waals surface area contributed by atoms with Gasteiger partial charge in [-0.3, -0.25) is 9.59 Å². The Morgan fingerprint density at radius 1 is 1.21 bits per heavy atom. The van der Waals surface area contributed by atoms with Crippen molar-refractivity contribution < 1.29 is 18.7 Å². The topological polar surface area (TPSA) is 58.6 Å². The molecule has 2 aromatic rings. The van der Waals surface area contributed by atoms with Crippen LogP contribution in [0.1, 0.15) is 30.4 Å². The number of likely N-dealkylation sites (tertiary alicyclic amines) is 1. The van der Waals surface area contributed by atoms with Gasteiger partial charge >= 0.3 is 0 Å². The Balaban J connectivity index is 1.42. The SMILES string of the molecule is O=C(CCOc1ccc(F)cc1Cl)NCc1cccc(CN2CCCC2=O)c1. The number of hydrogen-bond donors (Lipinski definition) is 1. The van der Waals surface area contributed by atoms with Crippen LogP contribution in [0.3, 0.4) is 0 Å². The first-order chi connectivity index (χ1) is 13.5. The van der Waals surface area contributed by atoms with Crippen LogP contribution >= 0.6 is 11.6 Å². The summed E-state index contributed by atoms with van der Waals surface area (Å²) in [6, 6.07) is 11.7. The van der Waals surface area contributed by atoms with Gasteiger partial charge in [0.05, 0.1) is 18.1 Å². The van der Waals surface area contributed by atoms with Crippen LogP contribution in [0.25, 0.3) is 0 Å². The van der Waals surface area contributed by atoms with Crippen molar-refractivity contribution in [3.8, 4) is 5.75 Å². The van der Waals surface area contributed by atoms with Crippen LogP contribution in [0.5, 0.6) is 5.75 Å². The van der Waals surface area contributed by atoms with E-state index < -0.39 is 5.82 Å². The van der Waals surface area contributed by atoms with E-state index in [9.17, 15) is 14.0 Å². The minimum atomic E-state index is -0.438. The first kappa shape index (κ1) is 20.1. The van der Waals surface area contributed by atoms with E-state index >= 15 is 0 Å². The first-order valence-corrected chi connectivity index (χ1v) is 9.59. The molecule has 1 aliphatic heterocycles. The summed E-state index contributed by atoms with van der Waals surface area (Å²) in [5.41, 5.74) is 2.02. The van der Waals surface area contributed by atoms with Gasteiger partial charge in [-0.2, -0.15) is 0 Å². The maximum absolute atomic E-state index is 13.0. The Bertz CT molecular complexity index is 859. The molecule has 1 heterocycles. The number of rotatable bonds is 8. The molecule has 0 saturated carbocycles. The molecule has 0 spiro atoms. The molecule has 7 heteroatoms. The number of carbonyl (C=O) groups is 2. The summed E-state index contributed by atoms with van der Waals surface area (Å²) in [6.45, 7) is 1.96. The second kappa shape index (κ2) is 9.55. The smallest absolute Gasteiger partial charge is 0.223 e. The molecule has 1 fully saturated rings. The van der Waals surface area contributed by atoms with Crippen molar-refractivity contribution >= 4 is 23.4 Å². The first-order valence-electron chi connectivity index (χ1n) is 9.21. The number of halogens is 2. The van der Waals surface area contributed by atoms with E-state index in [0.717, 1.165) is 24.1 Å². The van der Waals surface area contributed by atoms with Gasteiger partial charge in [-0.1, -0.05) is 35.9 Å². The van der Waals surface area contributed by atoms with Crippen molar-refractivity contribution in [1.82, 2.24) is 10.2 Å². The van der Waals surface area contributed by atoms with E-state index in [1.165, 1.54) is 18.2 Å². The highest BCUT2D eigenvalue weighted by Gasteiger charge is 2.19. The second-order valence-corrected chi connectivity index (χ2v) is 7.10. The van der Waals surface area contributed by atoms with E-state index in [1.54, 1.807) is 0 Å². The quantitative estimate of drug-likeness (QED) is 0.730. The van der Waals surface area contributed by atoms with Gasteiger partial charge in [0.25, 0.3) is 0 Å². The van der Waals surface area contributed by atoms with Crippen molar-refractivity contribution in [3.63, 3.8) is 0 Å². The van der Waals surface area contributed by atoms with Crippen molar-refractivity contribution in [1.29, 1.82) is 0 Å². The lowest BCUT2D eigenvalue weighted by Crippen LogP contribution is -2.25. The fourth-order valence-electron chi connectivity index (χ4n) is 3.06. The Kier molecular flexibility index (Phi) is 6.87. The molecule has 2 aromatic carbocycles. The lowest BCUT2D eigenvalue weighted by atomic mass is 10.1. The summed E-state index contributed by atoms with van der Waals surface area (Å²) in [5.74, 6) is -0.0511. The van der Waals surface area contributed by atoms with E-state index in [4.69, 9.17) is 16.3 Å². The molecule has 0 unspecified atom stereocenters. The van der Waals surface area contributed by atoms with Crippen LogP contribution in [0.2, 0.25) is 5.02 Å². The maximum atomic E-state index is 13.0. The van der Waals surface area contributed by atoms with E-state index in [0.29, 0.717) is 25.3 Å². The predicted octanol–water partition coefficient (Wildman–Crippen LogP) is 3.69. The Labute approximate surface area is 168 Å². The molecule has 0 atom stereocenters. The van der Waals surface area contributed by atoms with Crippen LogP contribution in [0.15, 0.2) is 42.5 Å². The largest absolute Gasteiger partial charge is 0.491 e. The summed E-state index contributed by atoms with van der Waals surface area (Å²) in [7, 11) is 0. The lowest BCUT2D eigenvalue weighted by molar-refractivity contribution is -0.128. The monoisotopic (exact) mass is 404 g/mol. The van der Waals surface area contributed by atoms with Gasteiger partial charge in [0.15, 0.2) is 0 Å². The van der Waals surface area contributed by atoms with Gasteiger partial charge in [0.2, 0.25) is 11.8 Å². The number of nitrogens with zero attached hydrogens (tertiary/aromatic N) is 1. The average molecular weight is 405 g/mol. The molecule has 0 aromatic heterocycles. The minimum Gasteiger partial charge on any atom is -0.491 e. The van der Waals surface area contributed by atoms with Gasteiger partial charge < -0.3 is 15.0 Å². The van der Waals surface area contributed by atoms with Gasteiger partial charge in [-0.25, -0.2) is 4.39 Å². The fourth-order valence-corrected chi connectivity index (χ4v) is 3.29. The van der Waals surface area contributed by atoms with Crippen LogP contribution in [0.4, 0.5) is 4.39 Å². The van der Waals surface area contributed by atoms with E-state index in [1.807, 2.05) is 29.2 Å². The highest BCUT2D eigenvalue weighted by atomic mass is 35.5. The average Bonchev–Trinajstić information content (AvgIpc) is 3.07. The highest BCUT2D eigenvalue weighted by Crippen LogP contribution is 2.24. The van der Waals surface area contributed by atoms with Crippen molar-refractivity contribution in [2.75, 3.05) is 13.2 Å². The van der Waals surface area contributed by atoms with Crippen molar-refractivity contribution in [2.24, 2.45) is 0 Å². The van der Waals surface area contributed by atoms with Crippen LogP contribution in [-0.2, 0) is 22.7 Å². The third kappa shape index (κ3) is 5.70. The molecule has 148 valence electrons. The molecule has 2 amide bonds. The van der Waals surface area contributed by atoms with Gasteiger partial charge in [-0.15, -0.1) is 0 Å². The normalized spacial score (nSPS) is 13.6. The molecule has 0 aliphatic carbocycles. The maximum Gasteiger partial charge on any atom is 0.223 e. The van der Waals surface area contributed by atoms with Crippen LogP contribution in [0, 0.1) is 5.82 Å². The second-order valence-electron chi connectivity index (χ2n) is 6.69. The standard InChI is InChI=1S/C21H22ClFN2O3/c22-18-12-17(23)6-7-19(18)28-10-8-20(26)24-13-15-3-1-4-16(11-15)14-25-9-2-5-21(25)27/h1,3-4,6-7,11-12H,2,5,8-10,13-14H2,(H,24,26). The van der Waals surface area contributed by atoms with Crippen LogP contribution < -0.4 is 10.1 Å². The molecule has 1 saturated heterocycles. The summed E-state index contributed by atoms with van der Waals surface area (Å²) in [6.07, 6.45) is 1.70. The summed E-state index contributed by atoms with van der Waals surface area (Å²) in [5, 5.41) is 3.02. The Morgan fingerprint density at radius 3 is 2.79 bits per heavy atom. The molecule has 3 rings (SSSR count). The number of benzene rings is 2. The molecule has 28 heavy (non-hydrogen) atoms. The predicted molar refractivity (Wildman–Crippen MR) is 104 cm³/mol. The molecular formula is C21H22ClFN2O3. The number of ether oxygens (including phenoxy) is 1. The van der Waals surface area contributed by atoms with Gasteiger partial charge in [-0.05, 0) is 35.7 Å². The third-order valence-electron chi connectivity index (χ3n) is 4.51. The zero-order valence-electron chi connectivity index (χ0n) is 15.4. The Hall–Kier alpha value is -2.60. The summed E-state index contributed by atoms with van der Waals surface area (Å²) >= 11 is 5.88. The third-order valence-corrected chi connectivity index (χ3v) is 4.80. The van der Waals surface area contributed by atoms with Gasteiger partial charge in [0.1, 0.15) is 11.6 Å². The van der Waals surface area contributed by atoms with Crippen molar-refractivity contribution in [2.45, 2.75) is 32.4 Å². The van der Waals surface area contributed by atoms with Crippen LogP contribution in [-0.4, -0.2) is 29.9 Å². The molecule has 1 N–H and O–H groups in total. The molecular weight excluding hydrogens is 383 g/mol. The zero-order chi connectivity index (χ0) is 19.9. The molecule has 1 aliphatic rings. The molecule has 0 bridgehead atoms. The minimum absolute atomic E-state index is 0.147. The van der Waals surface area contributed by atoms with E-state index in [-0.39, 0.29) is 29.9 Å². The number of hydrogen-bond acceptors (Lipinski definition) is 3. The number of amides is 2. The fraction of sp³-hybridized carbons (Fsp3) is 0.333. The summed E-state index contributed by atoms with van der Waals surface area (Å²) in [4.78, 5) is 25.6. The lowest BCUT2D eigenvalue weighted by Gasteiger charge is -2.16. The zero-order valence-corrected chi connectivity index (χ0v) is 16.2. The highest BCUT2D eigenvalue weighted by molar-refractivity contribution is 6.32. The summed E-state index contributed by atoms with van der Waals surface area (Å²) < 4.78 is 18.4. The van der Waals surface area contributed by atoms with Crippen molar-refractivity contribution in [3.05, 3.63) is 64.4 Å². The number of carbonyl (C=O) groups excluding carboxylic acids is 2. The van der Waals surface area contributed by atoms with E-state index in [2.05, 4.69) is 5.32 Å².